The van der Waals surface area contributed by atoms with E-state index in [0.717, 1.165) is 32.7 Å². The maximum absolute atomic E-state index is 11.2. The molecule has 1 aliphatic rings. The highest BCUT2D eigenvalue weighted by Gasteiger charge is 2.22. The van der Waals surface area contributed by atoms with E-state index >= 15 is 0 Å². The van der Waals surface area contributed by atoms with Crippen molar-refractivity contribution in [1.82, 2.24) is 10.2 Å². The van der Waals surface area contributed by atoms with E-state index in [2.05, 4.69) is 24.1 Å². The molecule has 1 aliphatic heterocycles. The van der Waals surface area contributed by atoms with Gasteiger partial charge in [0.15, 0.2) is 0 Å². The summed E-state index contributed by atoms with van der Waals surface area (Å²) >= 11 is 0. The van der Waals surface area contributed by atoms with Gasteiger partial charge in [-0.25, -0.2) is 0 Å². The fraction of sp³-hybridized carbons (Fsp3) is 0.917. The number of hydrogen-bond donors (Lipinski definition) is 2. The zero-order valence-corrected chi connectivity index (χ0v) is 10.9. The lowest BCUT2D eigenvalue weighted by Gasteiger charge is -2.35. The molecular weight excluding hydrogens is 218 g/mol. The molecule has 100 valence electrons. The van der Waals surface area contributed by atoms with E-state index in [1.54, 1.807) is 0 Å². The quantitative estimate of drug-likeness (QED) is 0.678. The smallest absolute Gasteiger partial charge is 0.233 e. The molecule has 1 atom stereocenters. The Balaban J connectivity index is 2.43. The molecule has 1 unspecified atom stereocenters. The normalized spacial score (nSPS) is 19.3. The minimum absolute atomic E-state index is 0.0670. The minimum atomic E-state index is -0.0768. The Morgan fingerprint density at radius 1 is 1.41 bits per heavy atom. The highest BCUT2D eigenvalue weighted by Crippen LogP contribution is 2.12. The summed E-state index contributed by atoms with van der Waals surface area (Å²) < 4.78 is 5.35. The van der Waals surface area contributed by atoms with Gasteiger partial charge < -0.3 is 15.8 Å². The SMILES string of the molecule is CC(C)CC(CNC(=O)CN)N1CCOCC1. The second-order valence-corrected chi connectivity index (χ2v) is 4.94. The van der Waals surface area contributed by atoms with Gasteiger partial charge in [-0.1, -0.05) is 13.8 Å². The lowest BCUT2D eigenvalue weighted by Crippen LogP contribution is -2.49. The van der Waals surface area contributed by atoms with Crippen molar-refractivity contribution in [3.8, 4) is 0 Å². The summed E-state index contributed by atoms with van der Waals surface area (Å²) in [6.45, 7) is 8.66. The standard InChI is InChI=1S/C12H25N3O2/c1-10(2)7-11(9-14-12(16)8-13)15-3-5-17-6-4-15/h10-11H,3-9,13H2,1-2H3,(H,14,16). The third-order valence-corrected chi connectivity index (χ3v) is 3.03. The van der Waals surface area contributed by atoms with Crippen LogP contribution in [0.25, 0.3) is 0 Å². The summed E-state index contributed by atoms with van der Waals surface area (Å²) in [4.78, 5) is 13.6. The summed E-state index contributed by atoms with van der Waals surface area (Å²) in [5.41, 5.74) is 5.29. The molecule has 0 spiro atoms. The lowest BCUT2D eigenvalue weighted by molar-refractivity contribution is -0.120. The zero-order chi connectivity index (χ0) is 12.7. The van der Waals surface area contributed by atoms with Gasteiger partial charge in [0.05, 0.1) is 19.8 Å². The highest BCUT2D eigenvalue weighted by molar-refractivity contribution is 5.77. The zero-order valence-electron chi connectivity index (χ0n) is 10.9. The number of morpholine rings is 1. The summed E-state index contributed by atoms with van der Waals surface area (Å²) in [6.07, 6.45) is 1.09. The molecule has 1 fully saturated rings. The van der Waals surface area contributed by atoms with E-state index < -0.39 is 0 Å². The molecule has 5 nitrogen and oxygen atoms in total. The van der Waals surface area contributed by atoms with Crippen molar-refractivity contribution in [3.63, 3.8) is 0 Å². The first-order valence-corrected chi connectivity index (χ1v) is 6.42. The van der Waals surface area contributed by atoms with Gasteiger partial charge in [0, 0.05) is 25.7 Å². The molecular formula is C12H25N3O2. The van der Waals surface area contributed by atoms with Gasteiger partial charge in [-0.15, -0.1) is 0 Å². The molecule has 1 amide bonds. The van der Waals surface area contributed by atoms with Crippen LogP contribution >= 0.6 is 0 Å². The topological polar surface area (TPSA) is 67.6 Å². The molecule has 1 heterocycles. The lowest BCUT2D eigenvalue weighted by atomic mass is 10.0. The number of amides is 1. The number of carbonyl (C=O) groups excluding carboxylic acids is 1. The van der Waals surface area contributed by atoms with Gasteiger partial charge in [-0.2, -0.15) is 0 Å². The number of nitrogens with zero attached hydrogens (tertiary/aromatic N) is 1. The Bertz CT molecular complexity index is 228. The van der Waals surface area contributed by atoms with Crippen LogP contribution in [-0.2, 0) is 9.53 Å². The van der Waals surface area contributed by atoms with Crippen molar-refractivity contribution in [2.24, 2.45) is 11.7 Å². The fourth-order valence-corrected chi connectivity index (χ4v) is 2.15. The first-order chi connectivity index (χ1) is 8.13. The molecule has 0 aromatic carbocycles. The number of rotatable bonds is 6. The van der Waals surface area contributed by atoms with Crippen molar-refractivity contribution >= 4 is 5.91 Å². The molecule has 1 saturated heterocycles. The maximum atomic E-state index is 11.2. The summed E-state index contributed by atoms with van der Waals surface area (Å²) in [5, 5.41) is 2.89. The van der Waals surface area contributed by atoms with Crippen LogP contribution in [0.1, 0.15) is 20.3 Å². The van der Waals surface area contributed by atoms with Gasteiger partial charge in [-0.05, 0) is 12.3 Å². The molecule has 1 rings (SSSR count). The Morgan fingerprint density at radius 2 is 2.06 bits per heavy atom. The Morgan fingerprint density at radius 3 is 2.59 bits per heavy atom. The van der Waals surface area contributed by atoms with E-state index in [9.17, 15) is 4.79 Å². The molecule has 3 N–H and O–H groups in total. The van der Waals surface area contributed by atoms with Crippen molar-refractivity contribution in [2.45, 2.75) is 26.3 Å². The highest BCUT2D eigenvalue weighted by atomic mass is 16.5. The molecule has 0 saturated carbocycles. The fourth-order valence-electron chi connectivity index (χ4n) is 2.15. The van der Waals surface area contributed by atoms with Crippen LogP contribution in [0, 0.1) is 5.92 Å². The number of carbonyl (C=O) groups is 1. The van der Waals surface area contributed by atoms with Crippen LogP contribution in [0.15, 0.2) is 0 Å². The molecule has 17 heavy (non-hydrogen) atoms. The third kappa shape index (κ3) is 5.48. The Kier molecular flexibility index (Phi) is 6.47. The molecule has 0 aromatic heterocycles. The Hall–Kier alpha value is -0.650. The van der Waals surface area contributed by atoms with Crippen LogP contribution in [0.3, 0.4) is 0 Å². The number of nitrogens with two attached hydrogens (primary N) is 1. The van der Waals surface area contributed by atoms with E-state index in [1.165, 1.54) is 0 Å². The van der Waals surface area contributed by atoms with Crippen LogP contribution in [0.2, 0.25) is 0 Å². The average molecular weight is 243 g/mol. The molecule has 5 heteroatoms. The van der Waals surface area contributed by atoms with E-state index in [-0.39, 0.29) is 12.5 Å². The van der Waals surface area contributed by atoms with Gasteiger partial charge in [-0.3, -0.25) is 9.69 Å². The predicted octanol–water partition coefficient (Wildman–Crippen LogP) is -0.192. The van der Waals surface area contributed by atoms with E-state index in [1.807, 2.05) is 0 Å². The Labute approximate surface area is 104 Å². The first kappa shape index (κ1) is 14.4. The van der Waals surface area contributed by atoms with Crippen LogP contribution in [-0.4, -0.2) is 56.2 Å². The van der Waals surface area contributed by atoms with Crippen molar-refractivity contribution in [2.75, 3.05) is 39.4 Å². The van der Waals surface area contributed by atoms with Gasteiger partial charge in [0.2, 0.25) is 5.91 Å². The first-order valence-electron chi connectivity index (χ1n) is 6.42. The summed E-state index contributed by atoms with van der Waals surface area (Å²) in [7, 11) is 0. The monoisotopic (exact) mass is 243 g/mol. The molecule has 0 aromatic rings. The van der Waals surface area contributed by atoms with Gasteiger partial charge in [0.25, 0.3) is 0 Å². The number of ether oxygens (including phenoxy) is 1. The second-order valence-electron chi connectivity index (χ2n) is 4.94. The molecule has 0 aliphatic carbocycles. The molecule has 0 bridgehead atoms. The van der Waals surface area contributed by atoms with Crippen molar-refractivity contribution in [3.05, 3.63) is 0 Å². The second kappa shape index (κ2) is 7.63. The van der Waals surface area contributed by atoms with Crippen molar-refractivity contribution in [1.29, 1.82) is 0 Å². The molecule has 0 radical (unpaired) electrons. The van der Waals surface area contributed by atoms with Crippen LogP contribution < -0.4 is 11.1 Å². The maximum Gasteiger partial charge on any atom is 0.233 e. The largest absolute Gasteiger partial charge is 0.379 e. The summed E-state index contributed by atoms with van der Waals surface area (Å²) in [6, 6.07) is 0.398. The van der Waals surface area contributed by atoms with Crippen molar-refractivity contribution < 1.29 is 9.53 Å². The van der Waals surface area contributed by atoms with Gasteiger partial charge in [0.1, 0.15) is 0 Å². The minimum Gasteiger partial charge on any atom is -0.379 e. The van der Waals surface area contributed by atoms with E-state index in [4.69, 9.17) is 10.5 Å². The predicted molar refractivity (Wildman–Crippen MR) is 67.7 cm³/mol. The number of nitrogens with one attached hydrogen (secondary N) is 1. The average Bonchev–Trinajstić information content (AvgIpc) is 2.34. The summed E-state index contributed by atoms with van der Waals surface area (Å²) in [5.74, 6) is 0.546. The van der Waals surface area contributed by atoms with Gasteiger partial charge >= 0.3 is 0 Å². The van der Waals surface area contributed by atoms with Crippen LogP contribution in [0.5, 0.6) is 0 Å². The third-order valence-electron chi connectivity index (χ3n) is 3.03. The van der Waals surface area contributed by atoms with E-state index in [0.29, 0.717) is 18.5 Å². The number of hydrogen-bond acceptors (Lipinski definition) is 4. The van der Waals surface area contributed by atoms with Crippen LogP contribution in [0.4, 0.5) is 0 Å².